The molecule has 1 saturated heterocycles. The minimum atomic E-state index is -0.487. The highest BCUT2D eigenvalue weighted by molar-refractivity contribution is 9.10. The van der Waals surface area contributed by atoms with Crippen molar-refractivity contribution in [1.29, 1.82) is 0 Å². The quantitative estimate of drug-likeness (QED) is 0.857. The molecule has 0 spiro atoms. The second-order valence-corrected chi connectivity index (χ2v) is 5.90. The van der Waals surface area contributed by atoms with Crippen LogP contribution in [-0.4, -0.2) is 55.9 Å². The molecule has 0 bridgehead atoms. The lowest BCUT2D eigenvalue weighted by atomic mass is 10.1. The Morgan fingerprint density at radius 3 is 3.16 bits per heavy atom. The van der Waals surface area contributed by atoms with Crippen LogP contribution in [0.1, 0.15) is 11.7 Å². The van der Waals surface area contributed by atoms with Gasteiger partial charge in [0.25, 0.3) is 0 Å². The van der Waals surface area contributed by atoms with Crippen LogP contribution in [0, 0.1) is 0 Å². The number of likely N-dealkylation sites (N-methyl/N-ethyl adjacent to an activating group) is 1. The van der Waals surface area contributed by atoms with Crippen molar-refractivity contribution >= 4 is 15.9 Å². The van der Waals surface area contributed by atoms with Crippen LogP contribution >= 0.6 is 15.9 Å². The zero-order valence-corrected chi connectivity index (χ0v) is 12.8. The Morgan fingerprint density at radius 1 is 1.58 bits per heavy atom. The van der Waals surface area contributed by atoms with Gasteiger partial charge in [-0.25, -0.2) is 0 Å². The molecule has 2 atom stereocenters. The molecule has 0 amide bonds. The van der Waals surface area contributed by atoms with Gasteiger partial charge in [0.1, 0.15) is 0 Å². The van der Waals surface area contributed by atoms with Gasteiger partial charge in [-0.05, 0) is 24.7 Å². The van der Waals surface area contributed by atoms with Crippen molar-refractivity contribution in [2.24, 2.45) is 0 Å². The number of ether oxygens (including phenoxy) is 1. The van der Waals surface area contributed by atoms with E-state index in [1.54, 1.807) is 0 Å². The van der Waals surface area contributed by atoms with Gasteiger partial charge in [0, 0.05) is 30.7 Å². The minimum absolute atomic E-state index is 0.216. The Kier molecular flexibility index (Phi) is 5.78. The Labute approximate surface area is 122 Å². The topological polar surface area (TPSA) is 44.7 Å². The van der Waals surface area contributed by atoms with Crippen LogP contribution < -0.4 is 5.32 Å². The van der Waals surface area contributed by atoms with Gasteiger partial charge in [-0.15, -0.1) is 0 Å². The van der Waals surface area contributed by atoms with E-state index >= 15 is 0 Å². The average Bonchev–Trinajstić information content (AvgIpc) is 2.38. The molecule has 4 nitrogen and oxygen atoms in total. The molecule has 1 aromatic carbocycles. The van der Waals surface area contributed by atoms with Gasteiger partial charge in [0.15, 0.2) is 0 Å². The van der Waals surface area contributed by atoms with E-state index in [-0.39, 0.29) is 6.10 Å². The summed E-state index contributed by atoms with van der Waals surface area (Å²) in [5.41, 5.74) is 0.920. The third-order valence-corrected chi connectivity index (χ3v) is 3.78. The maximum atomic E-state index is 10.1. The third kappa shape index (κ3) is 4.85. The molecular formula is C14H21BrN2O2. The van der Waals surface area contributed by atoms with Crippen molar-refractivity contribution in [3.8, 4) is 0 Å². The molecule has 1 aliphatic rings. The molecule has 1 aromatic rings. The van der Waals surface area contributed by atoms with Crippen molar-refractivity contribution in [3.05, 3.63) is 34.3 Å². The Morgan fingerprint density at radius 2 is 2.42 bits per heavy atom. The maximum Gasteiger partial charge on any atom is 0.0914 e. The van der Waals surface area contributed by atoms with E-state index in [1.165, 1.54) is 0 Å². The molecule has 5 heteroatoms. The predicted octanol–water partition coefficient (Wildman–Crippen LogP) is 1.40. The fourth-order valence-corrected chi connectivity index (χ4v) is 2.62. The second-order valence-electron chi connectivity index (χ2n) is 4.98. The molecule has 2 rings (SSSR count). The number of halogens is 1. The van der Waals surface area contributed by atoms with Crippen molar-refractivity contribution in [2.45, 2.75) is 12.2 Å². The van der Waals surface area contributed by atoms with E-state index in [0.29, 0.717) is 6.54 Å². The van der Waals surface area contributed by atoms with E-state index in [4.69, 9.17) is 4.74 Å². The van der Waals surface area contributed by atoms with Gasteiger partial charge in [-0.3, -0.25) is 0 Å². The summed E-state index contributed by atoms with van der Waals surface area (Å²) < 4.78 is 6.65. The van der Waals surface area contributed by atoms with E-state index in [2.05, 4.69) is 33.2 Å². The summed E-state index contributed by atoms with van der Waals surface area (Å²) in [5, 5.41) is 13.4. The Bertz CT molecular complexity index is 403. The van der Waals surface area contributed by atoms with Crippen LogP contribution in [-0.2, 0) is 4.74 Å². The second kappa shape index (κ2) is 7.36. The number of morpholine rings is 1. The number of rotatable bonds is 5. The number of hydrogen-bond donors (Lipinski definition) is 2. The first-order valence-electron chi connectivity index (χ1n) is 6.59. The van der Waals surface area contributed by atoms with Gasteiger partial charge < -0.3 is 20.1 Å². The van der Waals surface area contributed by atoms with Crippen molar-refractivity contribution in [1.82, 2.24) is 10.2 Å². The van der Waals surface area contributed by atoms with Gasteiger partial charge in [-0.1, -0.05) is 28.1 Å². The first kappa shape index (κ1) is 14.9. The van der Waals surface area contributed by atoms with Gasteiger partial charge in [0.2, 0.25) is 0 Å². The summed E-state index contributed by atoms with van der Waals surface area (Å²) in [7, 11) is 2.10. The monoisotopic (exact) mass is 328 g/mol. The predicted molar refractivity (Wildman–Crippen MR) is 79.2 cm³/mol. The summed E-state index contributed by atoms with van der Waals surface area (Å²) in [6.45, 7) is 4.05. The SMILES string of the molecule is CN1CCOC(CNCC(O)c2cccc(Br)c2)C1. The first-order valence-corrected chi connectivity index (χ1v) is 7.39. The number of benzene rings is 1. The van der Waals surface area contributed by atoms with Crippen molar-refractivity contribution in [2.75, 3.05) is 39.8 Å². The van der Waals surface area contributed by atoms with Gasteiger partial charge >= 0.3 is 0 Å². The van der Waals surface area contributed by atoms with Crippen molar-refractivity contribution in [3.63, 3.8) is 0 Å². The van der Waals surface area contributed by atoms with Crippen LogP contribution in [0.2, 0.25) is 0 Å². The van der Waals surface area contributed by atoms with Crippen molar-refractivity contribution < 1.29 is 9.84 Å². The smallest absolute Gasteiger partial charge is 0.0914 e. The van der Waals surface area contributed by atoms with Crippen LogP contribution in [0.25, 0.3) is 0 Å². The molecule has 1 heterocycles. The molecule has 106 valence electrons. The summed E-state index contributed by atoms with van der Waals surface area (Å²) in [6, 6.07) is 7.76. The molecule has 1 aliphatic heterocycles. The fraction of sp³-hybridized carbons (Fsp3) is 0.571. The summed E-state index contributed by atoms with van der Waals surface area (Å²) in [5.74, 6) is 0. The lowest BCUT2D eigenvalue weighted by Gasteiger charge is -2.30. The third-order valence-electron chi connectivity index (χ3n) is 3.29. The lowest BCUT2D eigenvalue weighted by Crippen LogP contribution is -2.45. The van der Waals surface area contributed by atoms with Crippen LogP contribution in [0.5, 0.6) is 0 Å². The number of nitrogens with zero attached hydrogens (tertiary/aromatic N) is 1. The van der Waals surface area contributed by atoms with E-state index in [9.17, 15) is 5.11 Å². The van der Waals surface area contributed by atoms with Crippen LogP contribution in [0.4, 0.5) is 0 Å². The number of aliphatic hydroxyl groups excluding tert-OH is 1. The molecule has 0 saturated carbocycles. The summed E-state index contributed by atoms with van der Waals surface area (Å²) in [4.78, 5) is 2.26. The largest absolute Gasteiger partial charge is 0.387 e. The highest BCUT2D eigenvalue weighted by Gasteiger charge is 2.17. The highest BCUT2D eigenvalue weighted by atomic mass is 79.9. The first-order chi connectivity index (χ1) is 9.15. The summed E-state index contributed by atoms with van der Waals surface area (Å²) in [6.07, 6.45) is -0.271. The zero-order valence-electron chi connectivity index (χ0n) is 11.2. The number of hydrogen-bond acceptors (Lipinski definition) is 4. The summed E-state index contributed by atoms with van der Waals surface area (Å²) >= 11 is 3.41. The fourth-order valence-electron chi connectivity index (χ4n) is 2.20. The minimum Gasteiger partial charge on any atom is -0.387 e. The number of aliphatic hydroxyl groups is 1. The van der Waals surface area contributed by atoms with E-state index in [0.717, 1.165) is 36.3 Å². The highest BCUT2D eigenvalue weighted by Crippen LogP contribution is 2.17. The molecule has 2 unspecified atom stereocenters. The molecule has 0 aromatic heterocycles. The molecule has 2 N–H and O–H groups in total. The molecule has 19 heavy (non-hydrogen) atoms. The Hall–Kier alpha value is -0.460. The molecule has 0 aliphatic carbocycles. The van der Waals surface area contributed by atoms with Gasteiger partial charge in [0.05, 0.1) is 18.8 Å². The van der Waals surface area contributed by atoms with E-state index < -0.39 is 6.10 Å². The van der Waals surface area contributed by atoms with E-state index in [1.807, 2.05) is 24.3 Å². The molecule has 1 fully saturated rings. The standard InChI is InChI=1S/C14H21BrN2O2/c1-17-5-6-19-13(10-17)8-16-9-14(18)11-3-2-4-12(15)7-11/h2-4,7,13-14,16,18H,5-6,8-10H2,1H3. The maximum absolute atomic E-state index is 10.1. The zero-order chi connectivity index (χ0) is 13.7. The normalized spacial score (nSPS) is 22.4. The Balaban J connectivity index is 1.73. The molecular weight excluding hydrogens is 308 g/mol. The van der Waals surface area contributed by atoms with Crippen LogP contribution in [0.3, 0.4) is 0 Å². The lowest BCUT2D eigenvalue weighted by molar-refractivity contribution is -0.0191. The average molecular weight is 329 g/mol. The van der Waals surface area contributed by atoms with Gasteiger partial charge in [-0.2, -0.15) is 0 Å². The molecule has 0 radical (unpaired) electrons. The number of nitrogens with one attached hydrogen (secondary N) is 1. The van der Waals surface area contributed by atoms with Crippen LogP contribution in [0.15, 0.2) is 28.7 Å².